The molecule has 0 heterocycles. The molecule has 0 aromatic heterocycles. The van der Waals surface area contributed by atoms with Crippen LogP contribution in [0, 0.1) is 0 Å². The van der Waals surface area contributed by atoms with E-state index in [0.29, 0.717) is 0 Å². The van der Waals surface area contributed by atoms with Gasteiger partial charge < -0.3 is 5.11 Å². The van der Waals surface area contributed by atoms with Crippen LogP contribution < -0.4 is 0 Å². The minimum absolute atomic E-state index is 0.295. The maximum atomic E-state index is 8.64. The zero-order valence-corrected chi connectivity index (χ0v) is 6.64. The molecule has 0 aliphatic carbocycles. The normalized spacial score (nSPS) is 16.9. The van der Waals surface area contributed by atoms with Crippen molar-refractivity contribution in [2.75, 3.05) is 0 Å². The third kappa shape index (κ3) is 6.43. The van der Waals surface area contributed by atoms with Crippen molar-refractivity contribution in [2.45, 2.75) is 20.0 Å². The van der Waals surface area contributed by atoms with Crippen molar-refractivity contribution in [3.8, 4) is 0 Å². The fourth-order valence-electron chi connectivity index (χ4n) is 0.332. The Kier molecular flexibility index (Phi) is 3.65. The molecule has 0 spiro atoms. The van der Waals surface area contributed by atoms with Gasteiger partial charge in [-0.3, -0.25) is 0 Å². The second kappa shape index (κ2) is 3.43. The average molecular weight is 212 g/mol. The molecule has 0 radical (unpaired) electrons. The van der Waals surface area contributed by atoms with Gasteiger partial charge >= 0.3 is 0 Å². The molecule has 1 N–H and O–H groups in total. The second-order valence-corrected chi connectivity index (χ2v) is 3.20. The highest BCUT2D eigenvalue weighted by Crippen LogP contribution is 2.03. The number of aliphatic hydroxyl groups excluding tert-OH is 1. The fourth-order valence-corrected chi connectivity index (χ4v) is 0.853. The Balaban J connectivity index is 3.45. The van der Waals surface area contributed by atoms with Crippen molar-refractivity contribution >= 4 is 22.6 Å². The Labute approximate surface area is 57.6 Å². The smallest absolute Gasteiger partial charge is 0.0702 e. The molecule has 42 valence electrons. The molecule has 7 heavy (non-hydrogen) atoms. The van der Waals surface area contributed by atoms with Crippen molar-refractivity contribution in [1.82, 2.24) is 0 Å². The number of hydrogen-bond donors (Lipinski definition) is 1. The molecule has 0 aliphatic heterocycles. The number of halogens is 1. The van der Waals surface area contributed by atoms with Gasteiger partial charge in [0.15, 0.2) is 0 Å². The quantitative estimate of drug-likeness (QED) is 0.656. The first-order valence-corrected chi connectivity index (χ1v) is 3.23. The molecule has 0 aromatic rings. The van der Waals surface area contributed by atoms with Gasteiger partial charge in [-0.05, 0) is 46.1 Å². The molecule has 0 rings (SSSR count). The van der Waals surface area contributed by atoms with E-state index < -0.39 is 0 Å². The van der Waals surface area contributed by atoms with Gasteiger partial charge in [-0.2, -0.15) is 0 Å². The van der Waals surface area contributed by atoms with E-state index in [1.54, 1.807) is 13.0 Å². The van der Waals surface area contributed by atoms with E-state index in [9.17, 15) is 0 Å². The van der Waals surface area contributed by atoms with Crippen LogP contribution in [0.1, 0.15) is 13.8 Å². The third-order valence-electron chi connectivity index (χ3n) is 0.471. The van der Waals surface area contributed by atoms with E-state index in [4.69, 9.17) is 5.11 Å². The van der Waals surface area contributed by atoms with Gasteiger partial charge in [-0.15, -0.1) is 0 Å². The Morgan fingerprint density at radius 1 is 1.86 bits per heavy atom. The van der Waals surface area contributed by atoms with Crippen LogP contribution in [0.3, 0.4) is 0 Å². The van der Waals surface area contributed by atoms with Crippen LogP contribution in [0.2, 0.25) is 0 Å². The van der Waals surface area contributed by atoms with Crippen LogP contribution >= 0.6 is 22.6 Å². The molecule has 0 amide bonds. The topological polar surface area (TPSA) is 20.2 Å². The second-order valence-electron chi connectivity index (χ2n) is 1.49. The van der Waals surface area contributed by atoms with E-state index >= 15 is 0 Å². The van der Waals surface area contributed by atoms with Crippen LogP contribution in [0.25, 0.3) is 0 Å². The van der Waals surface area contributed by atoms with Gasteiger partial charge in [0.2, 0.25) is 0 Å². The number of rotatable bonds is 1. The van der Waals surface area contributed by atoms with Crippen molar-refractivity contribution < 1.29 is 5.11 Å². The summed E-state index contributed by atoms with van der Waals surface area (Å²) in [5.41, 5.74) is 0. The molecule has 1 nitrogen and oxygen atoms in total. The highest BCUT2D eigenvalue weighted by Gasteiger charge is 1.85. The Bertz CT molecular complexity index is 72.1. The fraction of sp³-hybridized carbons (Fsp3) is 0.600. The summed E-state index contributed by atoms with van der Waals surface area (Å²) >= 11 is 2.16. The largest absolute Gasteiger partial charge is 0.389 e. The standard InChI is InChI=1S/C5H9IO/c1-4(6)3-5(2)7/h3,5,7H,1-2H3/b4-3-/t5-/m0/s1. The molecule has 0 saturated carbocycles. The Morgan fingerprint density at radius 3 is 2.29 bits per heavy atom. The lowest BCUT2D eigenvalue weighted by Gasteiger charge is -1.91. The predicted octanol–water partition coefficient (Wildman–Crippen LogP) is 1.71. The first-order chi connectivity index (χ1) is 3.13. The molecule has 0 fully saturated rings. The molecule has 0 bridgehead atoms. The van der Waals surface area contributed by atoms with Crippen molar-refractivity contribution in [2.24, 2.45) is 0 Å². The third-order valence-corrected chi connectivity index (χ3v) is 0.830. The van der Waals surface area contributed by atoms with Crippen LogP contribution in [0.4, 0.5) is 0 Å². The molecule has 0 aromatic carbocycles. The SMILES string of the molecule is C/C(I)=C/[C@H](C)O. The van der Waals surface area contributed by atoms with Gasteiger partial charge in [0.1, 0.15) is 0 Å². The van der Waals surface area contributed by atoms with Gasteiger partial charge in [0.05, 0.1) is 6.10 Å². The van der Waals surface area contributed by atoms with Crippen molar-refractivity contribution in [1.29, 1.82) is 0 Å². The minimum Gasteiger partial charge on any atom is -0.389 e. The zero-order valence-electron chi connectivity index (χ0n) is 4.48. The average Bonchev–Trinajstić information content (AvgIpc) is 1.27. The van der Waals surface area contributed by atoms with E-state index in [1.165, 1.54) is 0 Å². The highest BCUT2D eigenvalue weighted by molar-refractivity contribution is 14.1. The lowest BCUT2D eigenvalue weighted by molar-refractivity contribution is 0.244. The number of allylic oxidation sites excluding steroid dienone is 1. The van der Waals surface area contributed by atoms with E-state index in [1.807, 2.05) is 6.92 Å². The summed E-state index contributed by atoms with van der Waals surface area (Å²) in [5.74, 6) is 0. The summed E-state index contributed by atoms with van der Waals surface area (Å²) in [6, 6.07) is 0. The molecular formula is C5H9IO. The van der Waals surface area contributed by atoms with Gasteiger partial charge in [-0.1, -0.05) is 0 Å². The molecular weight excluding hydrogens is 203 g/mol. The molecule has 0 unspecified atom stereocenters. The molecule has 0 aliphatic rings. The van der Waals surface area contributed by atoms with Crippen LogP contribution in [-0.2, 0) is 0 Å². The maximum absolute atomic E-state index is 8.64. The predicted molar refractivity (Wildman–Crippen MR) is 39.5 cm³/mol. The van der Waals surface area contributed by atoms with Crippen LogP contribution in [-0.4, -0.2) is 11.2 Å². The number of hydrogen-bond acceptors (Lipinski definition) is 1. The summed E-state index contributed by atoms with van der Waals surface area (Å²) in [5, 5.41) is 8.64. The first-order valence-electron chi connectivity index (χ1n) is 2.15. The van der Waals surface area contributed by atoms with Gasteiger partial charge in [-0.25, -0.2) is 0 Å². The molecule has 0 saturated heterocycles. The lowest BCUT2D eigenvalue weighted by atomic mass is 10.4. The molecule has 2 heteroatoms. The summed E-state index contributed by atoms with van der Waals surface area (Å²) < 4.78 is 1.13. The lowest BCUT2D eigenvalue weighted by Crippen LogP contribution is -1.91. The van der Waals surface area contributed by atoms with E-state index in [0.717, 1.165) is 3.58 Å². The van der Waals surface area contributed by atoms with Crippen molar-refractivity contribution in [3.05, 3.63) is 9.66 Å². The van der Waals surface area contributed by atoms with E-state index in [-0.39, 0.29) is 6.10 Å². The van der Waals surface area contributed by atoms with Gasteiger partial charge in [0.25, 0.3) is 0 Å². The summed E-state index contributed by atoms with van der Waals surface area (Å²) in [6.07, 6.45) is 1.50. The van der Waals surface area contributed by atoms with Crippen molar-refractivity contribution in [3.63, 3.8) is 0 Å². The minimum atomic E-state index is -0.295. The Hall–Kier alpha value is 0.430. The Morgan fingerprint density at radius 2 is 2.29 bits per heavy atom. The van der Waals surface area contributed by atoms with Crippen LogP contribution in [0.15, 0.2) is 9.66 Å². The highest BCUT2D eigenvalue weighted by atomic mass is 127. The zero-order chi connectivity index (χ0) is 5.86. The van der Waals surface area contributed by atoms with Gasteiger partial charge in [0, 0.05) is 0 Å². The first kappa shape index (κ1) is 7.43. The van der Waals surface area contributed by atoms with Crippen LogP contribution in [0.5, 0.6) is 0 Å². The summed E-state index contributed by atoms with van der Waals surface area (Å²) in [7, 11) is 0. The maximum Gasteiger partial charge on any atom is 0.0702 e. The van der Waals surface area contributed by atoms with E-state index in [2.05, 4.69) is 22.6 Å². The summed E-state index contributed by atoms with van der Waals surface area (Å²) in [4.78, 5) is 0. The summed E-state index contributed by atoms with van der Waals surface area (Å²) in [6.45, 7) is 3.69. The molecule has 1 atom stereocenters. The monoisotopic (exact) mass is 212 g/mol. The number of aliphatic hydroxyl groups is 1.